The van der Waals surface area contributed by atoms with Gasteiger partial charge in [0.05, 0.1) is 4.90 Å². The highest BCUT2D eigenvalue weighted by molar-refractivity contribution is 7.89. The molecule has 1 fully saturated rings. The minimum Gasteiger partial charge on any atom is -0.344 e. The number of benzene rings is 3. The number of primary sulfonamides is 1. The van der Waals surface area contributed by atoms with Gasteiger partial charge in [-0.1, -0.05) is 36.4 Å². The number of H-pyrrole nitrogens is 1. The molecule has 11 nitrogen and oxygen atoms in total. The van der Waals surface area contributed by atoms with Crippen molar-refractivity contribution in [3.63, 3.8) is 0 Å². The molecule has 4 aromatic rings. The third kappa shape index (κ3) is 8.89. The second kappa shape index (κ2) is 15.0. The SMILES string of the molecule is Cl.NCC1CCC(C(=O)N[C@@H](Cc2ccc(-c3ccc(S(N)(=O)=O)cc3)cc2)C(=O)Nc2ccc(-c3nnc(Cl)[nH]3)cc2)CC1. The van der Waals surface area contributed by atoms with Gasteiger partial charge >= 0.3 is 0 Å². The summed E-state index contributed by atoms with van der Waals surface area (Å²) in [7, 11) is -3.78. The molecule has 0 unspecified atom stereocenters. The Morgan fingerprint density at radius 2 is 1.47 bits per heavy atom. The molecule has 0 saturated heterocycles. The van der Waals surface area contributed by atoms with Crippen molar-refractivity contribution in [3.05, 3.63) is 83.6 Å². The third-order valence-electron chi connectivity index (χ3n) is 7.98. The normalized spacial score (nSPS) is 17.1. The summed E-state index contributed by atoms with van der Waals surface area (Å²) < 4.78 is 23.2. The van der Waals surface area contributed by atoms with Crippen LogP contribution in [-0.4, -0.2) is 48.0 Å². The molecule has 3 aromatic carbocycles. The van der Waals surface area contributed by atoms with Gasteiger partial charge in [-0.3, -0.25) is 9.59 Å². The van der Waals surface area contributed by atoms with Crippen LogP contribution in [0.3, 0.4) is 0 Å². The lowest BCUT2D eigenvalue weighted by atomic mass is 9.81. The van der Waals surface area contributed by atoms with Gasteiger partial charge < -0.3 is 21.4 Å². The second-order valence-corrected chi connectivity index (χ2v) is 12.9. The van der Waals surface area contributed by atoms with Crippen molar-refractivity contribution in [2.45, 2.75) is 43.0 Å². The number of nitrogens with two attached hydrogens (primary N) is 2. The molecule has 1 aliphatic rings. The fourth-order valence-electron chi connectivity index (χ4n) is 5.38. The van der Waals surface area contributed by atoms with Gasteiger partial charge in [-0.15, -0.1) is 22.6 Å². The minimum atomic E-state index is -3.78. The zero-order chi connectivity index (χ0) is 31.3. The van der Waals surface area contributed by atoms with Gasteiger partial charge in [-0.05, 0) is 103 Å². The van der Waals surface area contributed by atoms with E-state index in [4.69, 9.17) is 22.5 Å². The zero-order valence-corrected chi connectivity index (χ0v) is 26.7. The number of hydrogen-bond acceptors (Lipinski definition) is 7. The molecule has 2 amide bonds. The number of hydrogen-bond donors (Lipinski definition) is 5. The summed E-state index contributed by atoms with van der Waals surface area (Å²) in [5.41, 5.74) is 9.66. The average Bonchev–Trinajstić information content (AvgIpc) is 3.47. The summed E-state index contributed by atoms with van der Waals surface area (Å²) in [5, 5.41) is 19.0. The lowest BCUT2D eigenvalue weighted by molar-refractivity contribution is -0.130. The maximum atomic E-state index is 13.5. The van der Waals surface area contributed by atoms with Crippen LogP contribution < -0.4 is 21.5 Å². The van der Waals surface area contributed by atoms with Gasteiger partial charge in [0.2, 0.25) is 27.1 Å². The molecule has 238 valence electrons. The van der Waals surface area contributed by atoms with E-state index in [-0.39, 0.29) is 46.7 Å². The van der Waals surface area contributed by atoms with Crippen molar-refractivity contribution in [1.82, 2.24) is 20.5 Å². The Balaban J connectivity index is 0.00000461. The molecular formula is C31H35Cl2N7O4S. The molecule has 14 heteroatoms. The molecule has 1 aliphatic carbocycles. The third-order valence-corrected chi connectivity index (χ3v) is 9.08. The zero-order valence-electron chi connectivity index (χ0n) is 24.3. The first kappa shape index (κ1) is 34.1. The number of carbonyl (C=O) groups excluding carboxylic acids is 2. The molecule has 0 spiro atoms. The number of sulfonamides is 1. The van der Waals surface area contributed by atoms with Crippen LogP contribution >= 0.6 is 24.0 Å². The molecule has 5 rings (SSSR count). The Morgan fingerprint density at radius 1 is 0.889 bits per heavy atom. The topological polar surface area (TPSA) is 186 Å². The van der Waals surface area contributed by atoms with Gasteiger partial charge in [0.1, 0.15) is 6.04 Å². The molecule has 1 saturated carbocycles. The number of aromatic nitrogens is 3. The van der Waals surface area contributed by atoms with Crippen molar-refractivity contribution < 1.29 is 18.0 Å². The molecule has 1 atom stereocenters. The predicted octanol–water partition coefficient (Wildman–Crippen LogP) is 4.29. The molecule has 45 heavy (non-hydrogen) atoms. The van der Waals surface area contributed by atoms with Crippen LogP contribution in [0.1, 0.15) is 31.2 Å². The van der Waals surface area contributed by atoms with Crippen LogP contribution in [0.25, 0.3) is 22.5 Å². The van der Waals surface area contributed by atoms with Crippen LogP contribution in [0.2, 0.25) is 5.28 Å². The van der Waals surface area contributed by atoms with E-state index in [9.17, 15) is 18.0 Å². The maximum Gasteiger partial charge on any atom is 0.247 e. The molecule has 1 aromatic heterocycles. The second-order valence-electron chi connectivity index (χ2n) is 11.0. The van der Waals surface area contributed by atoms with E-state index < -0.39 is 16.1 Å². The lowest BCUT2D eigenvalue weighted by Crippen LogP contribution is -2.48. The summed E-state index contributed by atoms with van der Waals surface area (Å²) in [6.45, 7) is 0.619. The van der Waals surface area contributed by atoms with Crippen molar-refractivity contribution in [2.75, 3.05) is 11.9 Å². The number of amides is 2. The Morgan fingerprint density at radius 3 is 2.00 bits per heavy atom. The largest absolute Gasteiger partial charge is 0.344 e. The van der Waals surface area contributed by atoms with Gasteiger partial charge in [0.15, 0.2) is 5.82 Å². The lowest BCUT2D eigenvalue weighted by Gasteiger charge is -2.28. The average molecular weight is 673 g/mol. The summed E-state index contributed by atoms with van der Waals surface area (Å²) in [5.74, 6) is 0.301. The quantitative estimate of drug-likeness (QED) is 0.166. The molecule has 0 radical (unpaired) electrons. The highest BCUT2D eigenvalue weighted by Gasteiger charge is 2.29. The number of rotatable bonds is 10. The number of nitrogens with one attached hydrogen (secondary N) is 3. The number of carbonyl (C=O) groups is 2. The molecule has 7 N–H and O–H groups in total. The first-order chi connectivity index (χ1) is 21.1. The first-order valence-corrected chi connectivity index (χ1v) is 16.2. The number of anilines is 1. The van der Waals surface area contributed by atoms with Crippen LogP contribution in [-0.2, 0) is 26.0 Å². The van der Waals surface area contributed by atoms with Gasteiger partial charge in [0.25, 0.3) is 0 Å². The van der Waals surface area contributed by atoms with Crippen LogP contribution in [0.15, 0.2) is 77.7 Å². The monoisotopic (exact) mass is 671 g/mol. The van der Waals surface area contributed by atoms with Crippen molar-refractivity contribution >= 4 is 51.5 Å². The summed E-state index contributed by atoms with van der Waals surface area (Å²) in [6, 6.07) is 20.1. The van der Waals surface area contributed by atoms with Gasteiger partial charge in [-0.2, -0.15) is 0 Å². The van der Waals surface area contributed by atoms with E-state index in [1.54, 1.807) is 36.4 Å². The summed E-state index contributed by atoms with van der Waals surface area (Å²) >= 11 is 5.83. The number of aromatic amines is 1. The fourth-order valence-corrected chi connectivity index (χ4v) is 6.02. The van der Waals surface area contributed by atoms with Gasteiger partial charge in [-0.25, -0.2) is 13.6 Å². The number of halogens is 2. The van der Waals surface area contributed by atoms with Crippen molar-refractivity contribution in [2.24, 2.45) is 22.7 Å². The van der Waals surface area contributed by atoms with Gasteiger partial charge in [0, 0.05) is 23.6 Å². The van der Waals surface area contributed by atoms with Crippen LogP contribution in [0, 0.1) is 11.8 Å². The van der Waals surface area contributed by atoms with E-state index in [2.05, 4.69) is 25.8 Å². The molecule has 0 aliphatic heterocycles. The molecule has 0 bridgehead atoms. The standard InChI is InChI=1S/C31H34ClN7O4S.ClH/c32-31-37-28(38-39-31)23-9-13-25(14-10-23)35-30(41)27(36-29(40)24-7-3-20(18-33)4-8-24)17-19-1-5-21(6-2-19)22-11-15-26(16-12-22)44(34,42)43;/h1-2,5-6,9-16,20,24,27H,3-4,7-8,17-18,33H2,(H,35,41)(H,36,40)(H2,34,42,43)(H,37,38,39);1H/t20?,24?,27-;/m0./s1. The Hall–Kier alpha value is -3.81. The van der Waals surface area contributed by atoms with E-state index >= 15 is 0 Å². The highest BCUT2D eigenvalue weighted by atomic mass is 35.5. The van der Waals surface area contributed by atoms with Crippen molar-refractivity contribution in [1.29, 1.82) is 0 Å². The van der Waals surface area contributed by atoms with E-state index in [1.165, 1.54) is 12.1 Å². The van der Waals surface area contributed by atoms with E-state index in [1.807, 2.05) is 24.3 Å². The van der Waals surface area contributed by atoms with E-state index in [0.717, 1.165) is 47.9 Å². The highest BCUT2D eigenvalue weighted by Crippen LogP contribution is 2.29. The Labute approximate surface area is 273 Å². The Bertz CT molecular complexity index is 1710. The molecular weight excluding hydrogens is 637 g/mol. The summed E-state index contributed by atoms with van der Waals surface area (Å²) in [6.07, 6.45) is 3.55. The van der Waals surface area contributed by atoms with Crippen LogP contribution in [0.4, 0.5) is 5.69 Å². The smallest absolute Gasteiger partial charge is 0.247 e. The fraction of sp³-hybridized carbons (Fsp3) is 0.290. The summed E-state index contributed by atoms with van der Waals surface area (Å²) in [4.78, 5) is 29.7. The molecule has 1 heterocycles. The predicted molar refractivity (Wildman–Crippen MR) is 176 cm³/mol. The van der Waals surface area contributed by atoms with Crippen molar-refractivity contribution in [3.8, 4) is 22.5 Å². The minimum absolute atomic E-state index is 0. The van der Waals surface area contributed by atoms with Crippen LogP contribution in [0.5, 0.6) is 0 Å². The number of nitrogens with zero attached hydrogens (tertiary/aromatic N) is 2. The maximum absolute atomic E-state index is 13.5. The Kier molecular flexibility index (Phi) is 11.3. The van der Waals surface area contributed by atoms with E-state index in [0.29, 0.717) is 24.0 Å². The first-order valence-electron chi connectivity index (χ1n) is 14.3.